The summed E-state index contributed by atoms with van der Waals surface area (Å²) in [4.78, 5) is 10.9. The molecule has 19 heavy (non-hydrogen) atoms. The van der Waals surface area contributed by atoms with Gasteiger partial charge in [-0.3, -0.25) is 0 Å². The predicted octanol–water partition coefficient (Wildman–Crippen LogP) is 1.80. The number of benzene rings is 1. The number of ether oxygens (including phenoxy) is 1. The summed E-state index contributed by atoms with van der Waals surface area (Å²) in [5.41, 5.74) is 1.33. The van der Waals surface area contributed by atoms with Gasteiger partial charge >= 0.3 is 12.6 Å². The van der Waals surface area contributed by atoms with Crippen LogP contribution in [0.1, 0.15) is 18.7 Å². The average molecular weight is 270 g/mol. The third-order valence-electron chi connectivity index (χ3n) is 2.68. The number of allylic oxidation sites excluding steroid dienone is 1. The largest absolute Gasteiger partial charge is 0.477 e. The van der Waals surface area contributed by atoms with E-state index in [1.165, 1.54) is 12.1 Å². The van der Waals surface area contributed by atoms with Gasteiger partial charge in [0.15, 0.2) is 0 Å². The lowest BCUT2D eigenvalue weighted by Crippen LogP contribution is -2.25. The van der Waals surface area contributed by atoms with Crippen molar-refractivity contribution in [3.8, 4) is 5.75 Å². The first kappa shape index (κ1) is 13.1. The third-order valence-corrected chi connectivity index (χ3v) is 2.68. The number of halogens is 2. The number of nitrogens with one attached hydrogen (secondary N) is 2. The van der Waals surface area contributed by atoms with Gasteiger partial charge in [-0.05, 0) is 24.6 Å². The van der Waals surface area contributed by atoms with Crippen LogP contribution in [0.25, 0.3) is 0 Å². The molecule has 2 rings (SSSR count). The van der Waals surface area contributed by atoms with Crippen LogP contribution in [0.3, 0.4) is 0 Å². The lowest BCUT2D eigenvalue weighted by atomic mass is 10.1. The van der Waals surface area contributed by atoms with Crippen LogP contribution in [0.4, 0.5) is 8.78 Å². The molecule has 1 unspecified atom stereocenters. The van der Waals surface area contributed by atoms with Gasteiger partial charge in [-0.15, -0.1) is 0 Å². The fraction of sp³-hybridized carbons (Fsp3) is 0.250. The number of carbonyl (C=O) groups is 1. The van der Waals surface area contributed by atoms with E-state index in [0.29, 0.717) is 5.70 Å². The predicted molar refractivity (Wildman–Crippen MR) is 62.4 cm³/mol. The van der Waals surface area contributed by atoms with Gasteiger partial charge in [0, 0.05) is 5.70 Å². The molecule has 0 saturated carbocycles. The highest BCUT2D eigenvalue weighted by Gasteiger charge is 2.25. The number of hydrogen-bond donors (Lipinski definition) is 3. The summed E-state index contributed by atoms with van der Waals surface area (Å²) in [6.07, 6.45) is -0.397. The van der Waals surface area contributed by atoms with E-state index in [4.69, 9.17) is 5.11 Å². The molecular formula is C12H12F2N2O3. The van der Waals surface area contributed by atoms with Gasteiger partial charge in [-0.2, -0.15) is 8.78 Å². The lowest BCUT2D eigenvalue weighted by molar-refractivity contribution is -0.133. The van der Waals surface area contributed by atoms with Crippen LogP contribution in [-0.4, -0.2) is 17.7 Å². The van der Waals surface area contributed by atoms with Gasteiger partial charge in [0.25, 0.3) is 0 Å². The fourth-order valence-corrected chi connectivity index (χ4v) is 1.81. The minimum absolute atomic E-state index is 0.0555. The van der Waals surface area contributed by atoms with E-state index in [-0.39, 0.29) is 11.4 Å². The van der Waals surface area contributed by atoms with Crippen LogP contribution in [0.2, 0.25) is 0 Å². The van der Waals surface area contributed by atoms with Gasteiger partial charge in [0.05, 0.1) is 0 Å². The second-order valence-corrected chi connectivity index (χ2v) is 3.97. The van der Waals surface area contributed by atoms with Crippen molar-refractivity contribution in [2.45, 2.75) is 19.7 Å². The van der Waals surface area contributed by atoms with Crippen LogP contribution in [-0.2, 0) is 4.79 Å². The highest BCUT2D eigenvalue weighted by Crippen LogP contribution is 2.23. The number of rotatable bonds is 4. The van der Waals surface area contributed by atoms with E-state index in [0.717, 1.165) is 5.56 Å². The fourth-order valence-electron chi connectivity index (χ4n) is 1.81. The van der Waals surface area contributed by atoms with Gasteiger partial charge < -0.3 is 20.5 Å². The zero-order valence-corrected chi connectivity index (χ0v) is 9.98. The smallest absolute Gasteiger partial charge is 0.387 e. The second-order valence-electron chi connectivity index (χ2n) is 3.97. The third kappa shape index (κ3) is 2.93. The number of carboxylic acid groups (broad SMARTS) is 1. The first-order valence-electron chi connectivity index (χ1n) is 5.49. The average Bonchev–Trinajstić information content (AvgIpc) is 2.71. The standard InChI is InChI=1S/C12H12F2N2O3/c1-6-9(11(17)18)16-10(15-6)7-2-4-8(5-3-7)19-12(13)14/h2-5,10,12,15-16H,1H3,(H,17,18). The van der Waals surface area contributed by atoms with E-state index in [2.05, 4.69) is 15.4 Å². The molecule has 0 radical (unpaired) electrons. The molecule has 7 heteroatoms. The van der Waals surface area contributed by atoms with Crippen LogP contribution in [0.15, 0.2) is 35.7 Å². The summed E-state index contributed by atoms with van der Waals surface area (Å²) in [6, 6.07) is 5.97. The van der Waals surface area contributed by atoms with Crippen molar-refractivity contribution in [3.05, 3.63) is 41.2 Å². The van der Waals surface area contributed by atoms with Crippen LogP contribution < -0.4 is 15.4 Å². The quantitative estimate of drug-likeness (QED) is 0.778. The molecule has 0 aromatic heterocycles. The SMILES string of the molecule is CC1=C(C(=O)O)NC(c2ccc(OC(F)F)cc2)N1. The Bertz CT molecular complexity index is 514. The number of alkyl halides is 2. The summed E-state index contributed by atoms with van der Waals surface area (Å²) < 4.78 is 28.2. The second kappa shape index (κ2) is 5.13. The minimum atomic E-state index is -2.86. The maximum atomic E-state index is 12.0. The minimum Gasteiger partial charge on any atom is -0.477 e. The Balaban J connectivity index is 2.07. The molecule has 1 heterocycles. The normalized spacial score (nSPS) is 18.2. The molecule has 3 N–H and O–H groups in total. The van der Waals surface area contributed by atoms with Crippen molar-refractivity contribution in [1.82, 2.24) is 10.6 Å². The molecule has 0 spiro atoms. The first-order valence-corrected chi connectivity index (χ1v) is 5.49. The molecule has 1 aromatic carbocycles. The summed E-state index contributed by atoms with van der Waals surface area (Å²) in [6.45, 7) is -1.22. The molecule has 102 valence electrons. The van der Waals surface area contributed by atoms with Gasteiger partial charge in [0.2, 0.25) is 0 Å². The van der Waals surface area contributed by atoms with Crippen molar-refractivity contribution >= 4 is 5.97 Å². The van der Waals surface area contributed by atoms with E-state index < -0.39 is 18.7 Å². The molecule has 5 nitrogen and oxygen atoms in total. The van der Waals surface area contributed by atoms with Gasteiger partial charge in [-0.25, -0.2) is 4.79 Å². The van der Waals surface area contributed by atoms with E-state index in [1.54, 1.807) is 19.1 Å². The topological polar surface area (TPSA) is 70.6 Å². The Morgan fingerprint density at radius 3 is 2.42 bits per heavy atom. The maximum absolute atomic E-state index is 12.0. The summed E-state index contributed by atoms with van der Waals surface area (Å²) in [5.74, 6) is -0.995. The molecule has 0 fully saturated rings. The van der Waals surface area contributed by atoms with Crippen molar-refractivity contribution in [2.24, 2.45) is 0 Å². The van der Waals surface area contributed by atoms with E-state index >= 15 is 0 Å². The molecule has 0 bridgehead atoms. The Labute approximate surface area is 107 Å². The van der Waals surface area contributed by atoms with Crippen molar-refractivity contribution in [3.63, 3.8) is 0 Å². The maximum Gasteiger partial charge on any atom is 0.387 e. The molecule has 0 aliphatic carbocycles. The Morgan fingerprint density at radius 1 is 1.32 bits per heavy atom. The highest BCUT2D eigenvalue weighted by molar-refractivity contribution is 5.87. The van der Waals surface area contributed by atoms with Crippen LogP contribution in [0.5, 0.6) is 5.75 Å². The first-order chi connectivity index (χ1) is 8.97. The Morgan fingerprint density at radius 2 is 1.95 bits per heavy atom. The Kier molecular flexibility index (Phi) is 3.55. The molecule has 1 aliphatic rings. The molecule has 0 amide bonds. The van der Waals surface area contributed by atoms with Crippen molar-refractivity contribution in [1.29, 1.82) is 0 Å². The van der Waals surface area contributed by atoms with Gasteiger partial charge in [0.1, 0.15) is 17.6 Å². The molecule has 0 saturated heterocycles. The molecule has 1 atom stereocenters. The number of aliphatic carboxylic acids is 1. The lowest BCUT2D eigenvalue weighted by Gasteiger charge is -2.14. The van der Waals surface area contributed by atoms with Gasteiger partial charge in [-0.1, -0.05) is 12.1 Å². The summed E-state index contributed by atoms with van der Waals surface area (Å²) >= 11 is 0. The van der Waals surface area contributed by atoms with Crippen molar-refractivity contribution < 1.29 is 23.4 Å². The summed E-state index contributed by atoms with van der Waals surface area (Å²) in [7, 11) is 0. The zero-order chi connectivity index (χ0) is 14.0. The Hall–Kier alpha value is -2.31. The molecular weight excluding hydrogens is 258 g/mol. The molecule has 1 aromatic rings. The van der Waals surface area contributed by atoms with Crippen LogP contribution >= 0.6 is 0 Å². The molecule has 1 aliphatic heterocycles. The van der Waals surface area contributed by atoms with Crippen molar-refractivity contribution in [2.75, 3.05) is 0 Å². The highest BCUT2D eigenvalue weighted by atomic mass is 19.3. The summed E-state index contributed by atoms with van der Waals surface area (Å²) in [5, 5.41) is 14.7. The monoisotopic (exact) mass is 270 g/mol. The number of carboxylic acids is 1. The zero-order valence-electron chi connectivity index (χ0n) is 9.98. The number of hydrogen-bond acceptors (Lipinski definition) is 4. The van der Waals surface area contributed by atoms with E-state index in [1.807, 2.05) is 0 Å². The van der Waals surface area contributed by atoms with Crippen LogP contribution in [0, 0.1) is 0 Å². The van der Waals surface area contributed by atoms with E-state index in [9.17, 15) is 13.6 Å².